The summed E-state index contributed by atoms with van der Waals surface area (Å²) in [6.07, 6.45) is 0.630. The molecule has 0 aliphatic carbocycles. The molecule has 1 heterocycles. The first-order valence-corrected chi connectivity index (χ1v) is 13.3. The molecule has 0 radical (unpaired) electrons. The van der Waals surface area contributed by atoms with Crippen molar-refractivity contribution >= 4 is 27.9 Å². The number of nitrogens with one attached hydrogen (secondary N) is 3. The zero-order valence-corrected chi connectivity index (χ0v) is 22.5. The van der Waals surface area contributed by atoms with Crippen molar-refractivity contribution in [2.45, 2.75) is 11.3 Å². The summed E-state index contributed by atoms with van der Waals surface area (Å²) < 4.78 is 42.6. The quantitative estimate of drug-likeness (QED) is 0.247. The van der Waals surface area contributed by atoms with Gasteiger partial charge in [-0.2, -0.15) is 0 Å². The molecule has 0 unspecified atom stereocenters. The normalized spacial score (nSPS) is 10.8. The molecule has 4 N–H and O–H groups in total. The molecule has 212 valence electrons. The molecule has 3 aromatic rings. The van der Waals surface area contributed by atoms with Crippen molar-refractivity contribution in [3.05, 3.63) is 77.5 Å². The number of aliphatic hydroxyl groups excluding tert-OH is 1. The Morgan fingerprint density at radius 3 is 2.27 bits per heavy atom. The van der Waals surface area contributed by atoms with Crippen molar-refractivity contribution in [1.82, 2.24) is 20.3 Å². The van der Waals surface area contributed by atoms with Crippen molar-refractivity contribution in [3.8, 4) is 17.4 Å². The second-order valence-corrected chi connectivity index (χ2v) is 9.76. The van der Waals surface area contributed by atoms with Crippen molar-refractivity contribution < 1.29 is 42.1 Å². The van der Waals surface area contributed by atoms with E-state index < -0.39 is 22.0 Å². The number of methoxy groups -OCH3 is 2. The number of hydrogen-bond acceptors (Lipinski definition) is 10. The Balaban J connectivity index is 1.54. The number of carbonyl (C=O) groups is 3. The SMILES string of the molecule is COc1ccc(OC)c(C(=O)NCCc2ccc(S(=O)(=O)NC(=O)c3ccc(OC(=O)NCCO)nc3)cc2)c1. The van der Waals surface area contributed by atoms with Gasteiger partial charge in [-0.05, 0) is 48.4 Å². The summed E-state index contributed by atoms with van der Waals surface area (Å²) in [5.41, 5.74) is 0.998. The number of pyridine rings is 1. The van der Waals surface area contributed by atoms with Crippen LogP contribution in [0.3, 0.4) is 0 Å². The van der Waals surface area contributed by atoms with Gasteiger partial charge in [0.05, 0.1) is 36.8 Å². The molecule has 0 fully saturated rings. The van der Waals surface area contributed by atoms with Crippen LogP contribution in [0, 0.1) is 0 Å². The fourth-order valence-corrected chi connectivity index (χ4v) is 4.32. The van der Waals surface area contributed by atoms with E-state index in [0.717, 1.165) is 11.8 Å². The van der Waals surface area contributed by atoms with Crippen LogP contribution in [0.25, 0.3) is 0 Å². The molecule has 3 rings (SSSR count). The van der Waals surface area contributed by atoms with Gasteiger partial charge in [-0.25, -0.2) is 22.9 Å². The van der Waals surface area contributed by atoms with E-state index in [1.165, 1.54) is 38.5 Å². The first kappa shape index (κ1) is 29.9. The predicted molar refractivity (Wildman–Crippen MR) is 142 cm³/mol. The van der Waals surface area contributed by atoms with Crippen molar-refractivity contribution in [2.75, 3.05) is 33.9 Å². The van der Waals surface area contributed by atoms with E-state index in [1.807, 2.05) is 4.72 Å². The summed E-state index contributed by atoms with van der Waals surface area (Å²) in [6, 6.07) is 13.2. The molecule has 0 saturated carbocycles. The summed E-state index contributed by atoms with van der Waals surface area (Å²) >= 11 is 0. The number of aromatic nitrogens is 1. The van der Waals surface area contributed by atoms with Gasteiger partial charge in [0, 0.05) is 25.4 Å². The van der Waals surface area contributed by atoms with E-state index in [-0.39, 0.29) is 41.9 Å². The van der Waals surface area contributed by atoms with E-state index in [2.05, 4.69) is 15.6 Å². The Hall–Kier alpha value is -4.69. The van der Waals surface area contributed by atoms with Crippen LogP contribution in [0.5, 0.6) is 17.4 Å². The molecule has 1 aromatic heterocycles. The predicted octanol–water partition coefficient (Wildman–Crippen LogP) is 1.27. The number of hydrogen-bond donors (Lipinski definition) is 4. The Bertz CT molecular complexity index is 1440. The monoisotopic (exact) mass is 572 g/mol. The van der Waals surface area contributed by atoms with Gasteiger partial charge < -0.3 is 30.0 Å². The third-order valence-corrected chi connectivity index (χ3v) is 6.74. The topological polar surface area (TPSA) is 182 Å². The molecule has 0 aliphatic rings. The molecule has 14 heteroatoms. The second-order valence-electron chi connectivity index (χ2n) is 8.08. The molecular formula is C26H28N4O9S. The highest BCUT2D eigenvalue weighted by Crippen LogP contribution is 2.23. The number of ether oxygens (including phenoxy) is 3. The zero-order valence-electron chi connectivity index (χ0n) is 21.7. The van der Waals surface area contributed by atoms with Crippen LogP contribution in [-0.2, 0) is 16.4 Å². The molecule has 0 saturated heterocycles. The lowest BCUT2D eigenvalue weighted by Gasteiger charge is -2.11. The third-order valence-electron chi connectivity index (χ3n) is 5.39. The molecule has 0 aliphatic heterocycles. The maximum absolute atomic E-state index is 12.7. The van der Waals surface area contributed by atoms with Crippen LogP contribution in [0.2, 0.25) is 0 Å². The lowest BCUT2D eigenvalue weighted by atomic mass is 10.1. The number of carbonyl (C=O) groups excluding carboxylic acids is 3. The van der Waals surface area contributed by atoms with Crippen LogP contribution in [0.4, 0.5) is 4.79 Å². The van der Waals surface area contributed by atoms with E-state index >= 15 is 0 Å². The van der Waals surface area contributed by atoms with Crippen molar-refractivity contribution in [2.24, 2.45) is 0 Å². The largest absolute Gasteiger partial charge is 0.497 e. The summed E-state index contributed by atoms with van der Waals surface area (Å²) in [5, 5.41) is 13.7. The Labute approximate surface area is 230 Å². The minimum absolute atomic E-state index is 0.00532. The average Bonchev–Trinajstić information content (AvgIpc) is 2.96. The standard InChI is InChI=1S/C26H28N4O9S/c1-37-19-6-9-22(38-2)21(15-19)25(33)27-12-11-17-3-7-20(8-4-17)40(35,36)30-24(32)18-5-10-23(29-16-18)39-26(34)28-13-14-31/h3-10,15-16,31H,11-14H2,1-2H3,(H,27,33)(H,28,34)(H,30,32). The van der Waals surface area contributed by atoms with Gasteiger partial charge in [0.25, 0.3) is 21.8 Å². The Kier molecular flexibility index (Phi) is 10.4. The zero-order chi connectivity index (χ0) is 29.1. The van der Waals surface area contributed by atoms with Gasteiger partial charge in [0.1, 0.15) is 11.5 Å². The lowest BCUT2D eigenvalue weighted by molar-refractivity contribution is 0.0948. The Morgan fingerprint density at radius 1 is 0.900 bits per heavy atom. The van der Waals surface area contributed by atoms with Crippen LogP contribution < -0.4 is 29.6 Å². The summed E-state index contributed by atoms with van der Waals surface area (Å²) in [5.74, 6) is -0.488. The minimum atomic E-state index is -4.19. The fourth-order valence-electron chi connectivity index (χ4n) is 3.35. The summed E-state index contributed by atoms with van der Waals surface area (Å²) in [7, 11) is -1.23. The maximum Gasteiger partial charge on any atom is 0.414 e. The van der Waals surface area contributed by atoms with Crippen molar-refractivity contribution in [3.63, 3.8) is 0 Å². The van der Waals surface area contributed by atoms with Crippen LogP contribution in [0.15, 0.2) is 65.7 Å². The van der Waals surface area contributed by atoms with E-state index in [1.54, 1.807) is 30.3 Å². The van der Waals surface area contributed by atoms with Gasteiger partial charge in [-0.3, -0.25) is 9.59 Å². The van der Waals surface area contributed by atoms with Gasteiger partial charge >= 0.3 is 6.09 Å². The minimum Gasteiger partial charge on any atom is -0.497 e. The van der Waals surface area contributed by atoms with E-state index in [9.17, 15) is 22.8 Å². The maximum atomic E-state index is 12.7. The number of nitrogens with zero attached hydrogens (tertiary/aromatic N) is 1. The molecule has 0 bridgehead atoms. The summed E-state index contributed by atoms with van der Waals surface area (Å²) in [6.45, 7) is 0.00458. The first-order valence-electron chi connectivity index (χ1n) is 11.9. The van der Waals surface area contributed by atoms with Gasteiger partial charge in [-0.1, -0.05) is 12.1 Å². The molecule has 40 heavy (non-hydrogen) atoms. The van der Waals surface area contributed by atoms with E-state index in [4.69, 9.17) is 19.3 Å². The molecule has 0 spiro atoms. The summed E-state index contributed by atoms with van der Waals surface area (Å²) in [4.78, 5) is 40.2. The lowest BCUT2D eigenvalue weighted by Crippen LogP contribution is -2.31. The van der Waals surface area contributed by atoms with Crippen LogP contribution >= 0.6 is 0 Å². The van der Waals surface area contributed by atoms with Gasteiger partial charge in [0.15, 0.2) is 0 Å². The van der Waals surface area contributed by atoms with Crippen LogP contribution in [0.1, 0.15) is 26.3 Å². The molecular weight excluding hydrogens is 544 g/mol. The average molecular weight is 573 g/mol. The highest BCUT2D eigenvalue weighted by Gasteiger charge is 2.19. The highest BCUT2D eigenvalue weighted by molar-refractivity contribution is 7.90. The van der Waals surface area contributed by atoms with Crippen LogP contribution in [-0.4, -0.2) is 70.3 Å². The number of aliphatic hydroxyl groups is 1. The Morgan fingerprint density at radius 2 is 1.65 bits per heavy atom. The third kappa shape index (κ3) is 8.15. The van der Waals surface area contributed by atoms with Gasteiger partial charge in [-0.15, -0.1) is 0 Å². The number of benzene rings is 2. The number of amides is 3. The number of sulfonamides is 1. The molecule has 3 amide bonds. The van der Waals surface area contributed by atoms with E-state index in [0.29, 0.717) is 23.5 Å². The molecule has 13 nitrogen and oxygen atoms in total. The molecule has 0 atom stereocenters. The number of rotatable bonds is 12. The molecule has 2 aromatic carbocycles. The highest BCUT2D eigenvalue weighted by atomic mass is 32.2. The smallest absolute Gasteiger partial charge is 0.414 e. The van der Waals surface area contributed by atoms with Crippen molar-refractivity contribution in [1.29, 1.82) is 0 Å². The second kappa shape index (κ2) is 13.9. The first-order chi connectivity index (χ1) is 19.2. The fraction of sp³-hybridized carbons (Fsp3) is 0.231. The van der Waals surface area contributed by atoms with Gasteiger partial charge in [0.2, 0.25) is 5.88 Å².